The van der Waals surface area contributed by atoms with Gasteiger partial charge in [-0.3, -0.25) is 0 Å². The molecule has 6 nitrogen and oxygen atoms in total. The second-order valence-corrected chi connectivity index (χ2v) is 6.41. The fraction of sp³-hybridized carbons (Fsp3) is 0.417. The summed E-state index contributed by atoms with van der Waals surface area (Å²) in [4.78, 5) is 11.3. The van der Waals surface area contributed by atoms with Gasteiger partial charge in [0, 0.05) is 12.2 Å². The minimum atomic E-state index is -4.04. The second-order valence-electron chi connectivity index (χ2n) is 4.35. The molecule has 0 heterocycles. The van der Waals surface area contributed by atoms with E-state index in [9.17, 15) is 13.2 Å². The number of hydrogen-bond acceptors (Lipinski definition) is 4. The number of anilines is 1. The van der Waals surface area contributed by atoms with Crippen molar-refractivity contribution in [2.45, 2.75) is 31.6 Å². The van der Waals surface area contributed by atoms with E-state index in [0.29, 0.717) is 17.8 Å². The Hall–Kier alpha value is -1.47. The van der Waals surface area contributed by atoms with Gasteiger partial charge in [-0.25, -0.2) is 17.9 Å². The molecule has 0 aliphatic heterocycles. The van der Waals surface area contributed by atoms with Gasteiger partial charge in [0.05, 0.1) is 5.02 Å². The standard InChI is InChI=1S/C12H18ClN3O3S/c1-3-4-5-15-12(17)16-20(18,19)11-7-10(14)8(2)6-9(11)13/h6-7H,3-5,14H2,1-2H3,(H2,15,16,17). The SMILES string of the molecule is CCCCNC(=O)NS(=O)(=O)c1cc(N)c(C)cc1Cl. The van der Waals surface area contributed by atoms with Crippen LogP contribution < -0.4 is 15.8 Å². The first-order valence-corrected chi connectivity index (χ1v) is 8.00. The van der Waals surface area contributed by atoms with Crippen LogP contribution >= 0.6 is 11.6 Å². The maximum Gasteiger partial charge on any atom is 0.328 e. The molecule has 0 aromatic heterocycles. The molecule has 0 saturated heterocycles. The number of nitrogens with one attached hydrogen (secondary N) is 2. The number of amides is 2. The number of rotatable bonds is 5. The zero-order valence-electron chi connectivity index (χ0n) is 11.4. The molecule has 0 fully saturated rings. The van der Waals surface area contributed by atoms with Crippen molar-refractivity contribution in [2.24, 2.45) is 0 Å². The van der Waals surface area contributed by atoms with Crippen molar-refractivity contribution in [1.82, 2.24) is 10.0 Å². The summed E-state index contributed by atoms with van der Waals surface area (Å²) < 4.78 is 26.0. The monoisotopic (exact) mass is 319 g/mol. The van der Waals surface area contributed by atoms with Gasteiger partial charge < -0.3 is 11.1 Å². The van der Waals surface area contributed by atoms with Crippen molar-refractivity contribution in [3.8, 4) is 0 Å². The molecule has 20 heavy (non-hydrogen) atoms. The number of nitrogen functional groups attached to an aromatic ring is 1. The van der Waals surface area contributed by atoms with Crippen molar-refractivity contribution in [3.05, 3.63) is 22.7 Å². The van der Waals surface area contributed by atoms with Gasteiger partial charge in [0.1, 0.15) is 4.90 Å². The molecular weight excluding hydrogens is 302 g/mol. The van der Waals surface area contributed by atoms with Crippen molar-refractivity contribution in [3.63, 3.8) is 0 Å². The number of halogens is 1. The number of sulfonamides is 1. The maximum atomic E-state index is 12.0. The van der Waals surface area contributed by atoms with Crippen LogP contribution in [-0.2, 0) is 10.0 Å². The van der Waals surface area contributed by atoms with Crippen LogP contribution in [0.5, 0.6) is 0 Å². The summed E-state index contributed by atoms with van der Waals surface area (Å²) in [6, 6.07) is 1.90. The van der Waals surface area contributed by atoms with Gasteiger partial charge in [0.15, 0.2) is 0 Å². The molecule has 0 bridgehead atoms. The van der Waals surface area contributed by atoms with E-state index >= 15 is 0 Å². The third-order valence-electron chi connectivity index (χ3n) is 2.65. The number of nitrogens with two attached hydrogens (primary N) is 1. The molecule has 0 spiro atoms. The minimum Gasteiger partial charge on any atom is -0.398 e. The molecule has 1 rings (SSSR count). The van der Waals surface area contributed by atoms with Crippen LogP contribution in [-0.4, -0.2) is 21.0 Å². The third-order valence-corrected chi connectivity index (χ3v) is 4.45. The largest absolute Gasteiger partial charge is 0.398 e. The molecule has 0 aliphatic carbocycles. The number of urea groups is 1. The third kappa shape index (κ3) is 4.28. The summed E-state index contributed by atoms with van der Waals surface area (Å²) >= 11 is 5.89. The Bertz CT molecular complexity index is 602. The van der Waals surface area contributed by atoms with Crippen LogP contribution in [0.3, 0.4) is 0 Å². The zero-order chi connectivity index (χ0) is 15.3. The maximum absolute atomic E-state index is 12.0. The summed E-state index contributed by atoms with van der Waals surface area (Å²) in [5, 5.41) is 2.47. The van der Waals surface area contributed by atoms with E-state index in [1.807, 2.05) is 11.6 Å². The summed E-state index contributed by atoms with van der Waals surface area (Å²) in [6.07, 6.45) is 1.67. The fourth-order valence-corrected chi connectivity index (χ4v) is 3.01. The number of carbonyl (C=O) groups excluding carboxylic acids is 1. The Morgan fingerprint density at radius 3 is 2.65 bits per heavy atom. The highest BCUT2D eigenvalue weighted by atomic mass is 35.5. The molecule has 2 amide bonds. The highest BCUT2D eigenvalue weighted by Gasteiger charge is 2.21. The molecule has 0 radical (unpaired) electrons. The fourth-order valence-electron chi connectivity index (χ4n) is 1.47. The lowest BCUT2D eigenvalue weighted by atomic mass is 10.2. The second kappa shape index (κ2) is 6.81. The minimum absolute atomic E-state index is 0.0190. The van der Waals surface area contributed by atoms with Crippen LogP contribution in [0.15, 0.2) is 17.0 Å². The quantitative estimate of drug-likeness (QED) is 0.571. The molecule has 8 heteroatoms. The highest BCUT2D eigenvalue weighted by molar-refractivity contribution is 7.90. The topological polar surface area (TPSA) is 101 Å². The Labute approximate surface area is 123 Å². The van der Waals surface area contributed by atoms with Crippen LogP contribution in [0.25, 0.3) is 0 Å². The van der Waals surface area contributed by atoms with E-state index in [1.54, 1.807) is 6.92 Å². The van der Waals surface area contributed by atoms with Gasteiger partial charge in [0.2, 0.25) is 0 Å². The van der Waals surface area contributed by atoms with Crippen LogP contribution in [0.1, 0.15) is 25.3 Å². The van der Waals surface area contributed by atoms with E-state index in [4.69, 9.17) is 17.3 Å². The normalized spacial score (nSPS) is 11.2. The predicted octanol–water partition coefficient (Wildman–Crippen LogP) is 2.02. The first-order valence-electron chi connectivity index (χ1n) is 6.14. The smallest absolute Gasteiger partial charge is 0.328 e. The molecule has 1 aromatic rings. The van der Waals surface area contributed by atoms with Crippen LogP contribution in [0, 0.1) is 6.92 Å². The van der Waals surface area contributed by atoms with Gasteiger partial charge in [-0.15, -0.1) is 0 Å². The van der Waals surface area contributed by atoms with Gasteiger partial charge in [-0.1, -0.05) is 24.9 Å². The zero-order valence-corrected chi connectivity index (χ0v) is 12.9. The van der Waals surface area contributed by atoms with Gasteiger partial charge in [0.25, 0.3) is 10.0 Å². The Kier molecular flexibility index (Phi) is 5.64. The summed E-state index contributed by atoms with van der Waals surface area (Å²) in [6.45, 7) is 4.08. The van der Waals surface area contributed by atoms with E-state index in [-0.39, 0.29) is 9.92 Å². The summed E-state index contributed by atoms with van der Waals surface area (Å²) in [5.41, 5.74) is 6.62. The average Bonchev–Trinajstić information content (AvgIpc) is 2.33. The molecule has 0 unspecified atom stereocenters. The number of unbranched alkanes of at least 4 members (excludes halogenated alkanes) is 1. The molecular formula is C12H18ClN3O3S. The van der Waals surface area contributed by atoms with E-state index in [1.165, 1.54) is 12.1 Å². The lowest BCUT2D eigenvalue weighted by Gasteiger charge is -2.11. The van der Waals surface area contributed by atoms with E-state index in [2.05, 4.69) is 5.32 Å². The first kappa shape index (κ1) is 16.6. The number of carbonyl (C=O) groups is 1. The van der Waals surface area contributed by atoms with Crippen molar-refractivity contribution in [1.29, 1.82) is 0 Å². The van der Waals surface area contributed by atoms with Gasteiger partial charge in [-0.2, -0.15) is 0 Å². The van der Waals surface area contributed by atoms with Crippen LogP contribution in [0.2, 0.25) is 5.02 Å². The molecule has 112 valence electrons. The lowest BCUT2D eigenvalue weighted by molar-refractivity contribution is 0.245. The highest BCUT2D eigenvalue weighted by Crippen LogP contribution is 2.26. The Morgan fingerprint density at radius 1 is 1.40 bits per heavy atom. The Morgan fingerprint density at radius 2 is 2.05 bits per heavy atom. The molecule has 0 atom stereocenters. The Balaban J connectivity index is 2.89. The van der Waals surface area contributed by atoms with Gasteiger partial charge in [-0.05, 0) is 31.0 Å². The van der Waals surface area contributed by atoms with Crippen molar-refractivity contribution >= 4 is 33.3 Å². The van der Waals surface area contributed by atoms with Gasteiger partial charge >= 0.3 is 6.03 Å². The van der Waals surface area contributed by atoms with Crippen LogP contribution in [0.4, 0.5) is 10.5 Å². The predicted molar refractivity (Wildman–Crippen MR) is 79.2 cm³/mol. The molecule has 4 N–H and O–H groups in total. The summed E-state index contributed by atoms with van der Waals surface area (Å²) in [5.74, 6) is 0. The molecule has 0 aliphatic rings. The number of benzene rings is 1. The molecule has 0 saturated carbocycles. The summed E-state index contributed by atoms with van der Waals surface area (Å²) in [7, 11) is -4.04. The number of hydrogen-bond donors (Lipinski definition) is 3. The number of aryl methyl sites for hydroxylation is 1. The average molecular weight is 320 g/mol. The first-order chi connectivity index (χ1) is 9.27. The van der Waals surface area contributed by atoms with E-state index < -0.39 is 16.1 Å². The lowest BCUT2D eigenvalue weighted by Crippen LogP contribution is -2.39. The molecule has 1 aromatic carbocycles. The van der Waals surface area contributed by atoms with Crippen molar-refractivity contribution < 1.29 is 13.2 Å². The van der Waals surface area contributed by atoms with Crippen molar-refractivity contribution in [2.75, 3.05) is 12.3 Å². The van der Waals surface area contributed by atoms with E-state index in [0.717, 1.165) is 12.8 Å².